The zero-order valence-corrected chi connectivity index (χ0v) is 25.2. The van der Waals surface area contributed by atoms with Gasteiger partial charge in [0.05, 0.1) is 24.8 Å². The normalized spacial score (nSPS) is 16.9. The Kier molecular flexibility index (Phi) is 8.91. The van der Waals surface area contributed by atoms with Gasteiger partial charge in [0.25, 0.3) is 11.7 Å². The summed E-state index contributed by atoms with van der Waals surface area (Å²) in [5, 5.41) is 11.6. The summed E-state index contributed by atoms with van der Waals surface area (Å²) < 4.78 is 11.7. The number of ether oxygens (including phenoxy) is 2. The number of hydrogen-bond donors (Lipinski definition) is 1. The summed E-state index contributed by atoms with van der Waals surface area (Å²) in [6, 6.07) is 19.6. The van der Waals surface area contributed by atoms with Gasteiger partial charge < -0.3 is 14.6 Å². The molecule has 1 atom stereocenters. The van der Waals surface area contributed by atoms with E-state index in [0.29, 0.717) is 41.9 Å². The van der Waals surface area contributed by atoms with Gasteiger partial charge in [0.2, 0.25) is 0 Å². The molecule has 216 valence electrons. The van der Waals surface area contributed by atoms with Crippen LogP contribution in [0.4, 0.5) is 5.69 Å². The number of Topliss-reactive ketones (excluding diaryl/α,β-unsaturated/α-hetero) is 1. The minimum absolute atomic E-state index is 0.0497. The van der Waals surface area contributed by atoms with Crippen LogP contribution >= 0.6 is 0 Å². The van der Waals surface area contributed by atoms with Gasteiger partial charge >= 0.3 is 0 Å². The number of ketones is 1. The number of aliphatic hydroxyl groups excluding tert-OH is 1. The van der Waals surface area contributed by atoms with Gasteiger partial charge in [-0.3, -0.25) is 14.5 Å². The summed E-state index contributed by atoms with van der Waals surface area (Å²) in [4.78, 5) is 28.7. The van der Waals surface area contributed by atoms with Crippen molar-refractivity contribution in [1.29, 1.82) is 0 Å². The summed E-state index contributed by atoms with van der Waals surface area (Å²) in [7, 11) is 0. The van der Waals surface area contributed by atoms with E-state index in [-0.39, 0.29) is 16.7 Å². The van der Waals surface area contributed by atoms with Crippen molar-refractivity contribution < 1.29 is 24.2 Å². The maximum Gasteiger partial charge on any atom is 0.300 e. The van der Waals surface area contributed by atoms with Gasteiger partial charge in [-0.1, -0.05) is 71.9 Å². The van der Waals surface area contributed by atoms with Crippen molar-refractivity contribution >= 4 is 23.1 Å². The number of aryl methyl sites for hydroxylation is 1. The highest BCUT2D eigenvalue weighted by Crippen LogP contribution is 2.43. The number of amides is 1. The minimum Gasteiger partial charge on any atom is -0.507 e. The maximum absolute atomic E-state index is 13.6. The first kappa shape index (κ1) is 29.9. The summed E-state index contributed by atoms with van der Waals surface area (Å²) in [6.45, 7) is 15.6. The molecule has 1 fully saturated rings. The second-order valence-corrected chi connectivity index (χ2v) is 12.1. The largest absolute Gasteiger partial charge is 0.507 e. The van der Waals surface area contributed by atoms with Gasteiger partial charge in [-0.2, -0.15) is 0 Å². The average molecular weight is 556 g/mol. The van der Waals surface area contributed by atoms with Gasteiger partial charge in [-0.25, -0.2) is 0 Å². The molecule has 1 amide bonds. The molecule has 1 aliphatic heterocycles. The van der Waals surface area contributed by atoms with E-state index in [1.165, 1.54) is 4.90 Å². The van der Waals surface area contributed by atoms with Crippen LogP contribution < -0.4 is 14.4 Å². The number of rotatable bonds is 9. The second kappa shape index (κ2) is 12.2. The van der Waals surface area contributed by atoms with Crippen LogP contribution in [0.2, 0.25) is 0 Å². The summed E-state index contributed by atoms with van der Waals surface area (Å²) in [6.07, 6.45) is 0.843. The molecule has 0 aliphatic carbocycles. The van der Waals surface area contributed by atoms with Crippen molar-refractivity contribution in [3.8, 4) is 11.5 Å². The van der Waals surface area contributed by atoms with Crippen molar-refractivity contribution in [2.45, 2.75) is 66.3 Å². The topological polar surface area (TPSA) is 76.1 Å². The number of aliphatic hydroxyl groups is 1. The third kappa shape index (κ3) is 6.48. The number of nitrogens with zero attached hydrogens (tertiary/aromatic N) is 1. The highest BCUT2D eigenvalue weighted by atomic mass is 16.5. The number of carbonyl (C=O) groups is 2. The molecule has 0 aromatic heterocycles. The number of benzene rings is 3. The number of carbonyl (C=O) groups excluding carboxylic acids is 2. The first-order valence-electron chi connectivity index (χ1n) is 14.3. The van der Waals surface area contributed by atoms with E-state index in [2.05, 4.69) is 34.6 Å². The van der Waals surface area contributed by atoms with Gasteiger partial charge in [0.15, 0.2) is 0 Å². The molecule has 6 heteroatoms. The predicted octanol–water partition coefficient (Wildman–Crippen LogP) is 7.74. The molecule has 3 aromatic rings. The standard InChI is InChI=1S/C35H41NO5/c1-8-18-40-28-11-9-10-27(20-28)36-31(24-12-15-26(16-13-24)35(5,6)7)30(33(38)34(36)39)32(37)25-14-17-29(23(4)19-25)41-21-22(2)3/h9-17,19-20,22,31,37H,8,18,21H2,1-7H3/b32-30+. The third-order valence-corrected chi connectivity index (χ3v) is 7.13. The molecular weight excluding hydrogens is 514 g/mol. The lowest BCUT2D eigenvalue weighted by Crippen LogP contribution is -2.29. The Morgan fingerprint density at radius 3 is 2.29 bits per heavy atom. The Balaban J connectivity index is 1.85. The van der Waals surface area contributed by atoms with E-state index in [9.17, 15) is 14.7 Å². The second-order valence-electron chi connectivity index (χ2n) is 12.1. The lowest BCUT2D eigenvalue weighted by atomic mass is 9.85. The highest BCUT2D eigenvalue weighted by molar-refractivity contribution is 6.51. The molecule has 1 N–H and O–H groups in total. The molecule has 0 spiro atoms. The van der Waals surface area contributed by atoms with Gasteiger partial charge in [-0.15, -0.1) is 0 Å². The zero-order valence-electron chi connectivity index (χ0n) is 25.2. The van der Waals surface area contributed by atoms with Crippen LogP contribution in [0, 0.1) is 12.8 Å². The van der Waals surface area contributed by atoms with E-state index in [4.69, 9.17) is 9.47 Å². The number of anilines is 1. The molecule has 0 bridgehead atoms. The highest BCUT2D eigenvalue weighted by Gasteiger charge is 2.47. The van der Waals surface area contributed by atoms with Crippen molar-refractivity contribution in [3.05, 3.63) is 94.6 Å². The Hall–Kier alpha value is -4.06. The van der Waals surface area contributed by atoms with Crippen molar-refractivity contribution in [2.24, 2.45) is 5.92 Å². The van der Waals surface area contributed by atoms with Crippen molar-refractivity contribution in [2.75, 3.05) is 18.1 Å². The van der Waals surface area contributed by atoms with E-state index >= 15 is 0 Å². The molecule has 0 radical (unpaired) electrons. The average Bonchev–Trinajstić information content (AvgIpc) is 3.20. The van der Waals surface area contributed by atoms with Crippen LogP contribution in [-0.4, -0.2) is 30.0 Å². The lowest BCUT2D eigenvalue weighted by Gasteiger charge is -2.27. The fourth-order valence-electron chi connectivity index (χ4n) is 4.89. The SMILES string of the molecule is CCCOc1cccc(N2C(=O)C(=O)/C(=C(/O)c3ccc(OCC(C)C)c(C)c3)C2c2ccc(C(C)(C)C)cc2)c1. The minimum atomic E-state index is -0.817. The molecule has 3 aromatic carbocycles. The third-order valence-electron chi connectivity index (χ3n) is 7.13. The Labute approximate surface area is 243 Å². The molecule has 41 heavy (non-hydrogen) atoms. The number of hydrogen-bond acceptors (Lipinski definition) is 5. The van der Waals surface area contributed by atoms with E-state index in [1.807, 2.05) is 44.2 Å². The van der Waals surface area contributed by atoms with Crippen LogP contribution in [-0.2, 0) is 15.0 Å². The monoisotopic (exact) mass is 555 g/mol. The summed E-state index contributed by atoms with van der Waals surface area (Å²) >= 11 is 0. The predicted molar refractivity (Wildman–Crippen MR) is 164 cm³/mol. The first-order valence-corrected chi connectivity index (χ1v) is 14.3. The van der Waals surface area contributed by atoms with Crippen LogP contribution in [0.15, 0.2) is 72.3 Å². The molecule has 6 nitrogen and oxygen atoms in total. The van der Waals surface area contributed by atoms with Crippen molar-refractivity contribution in [1.82, 2.24) is 0 Å². The molecule has 1 unspecified atom stereocenters. The smallest absolute Gasteiger partial charge is 0.300 e. The molecular formula is C35H41NO5. The molecule has 1 heterocycles. The van der Waals surface area contributed by atoms with E-state index < -0.39 is 17.7 Å². The van der Waals surface area contributed by atoms with Gasteiger partial charge in [0.1, 0.15) is 17.3 Å². The summed E-state index contributed by atoms with van der Waals surface area (Å²) in [5.74, 6) is 0.0547. The quantitative estimate of drug-likeness (QED) is 0.166. The molecule has 0 saturated carbocycles. The fraction of sp³-hybridized carbons (Fsp3) is 0.371. The Morgan fingerprint density at radius 2 is 1.68 bits per heavy atom. The van der Waals surface area contributed by atoms with E-state index in [0.717, 1.165) is 23.1 Å². The van der Waals surface area contributed by atoms with E-state index in [1.54, 1.807) is 36.4 Å². The maximum atomic E-state index is 13.6. The van der Waals surface area contributed by atoms with Crippen LogP contribution in [0.25, 0.3) is 5.76 Å². The van der Waals surface area contributed by atoms with Crippen LogP contribution in [0.3, 0.4) is 0 Å². The van der Waals surface area contributed by atoms with Crippen LogP contribution in [0.5, 0.6) is 11.5 Å². The van der Waals surface area contributed by atoms with Gasteiger partial charge in [-0.05, 0) is 71.7 Å². The van der Waals surface area contributed by atoms with Gasteiger partial charge in [0, 0.05) is 17.3 Å². The zero-order chi connectivity index (χ0) is 29.9. The van der Waals surface area contributed by atoms with Crippen LogP contribution in [0.1, 0.15) is 76.3 Å². The molecule has 4 rings (SSSR count). The van der Waals surface area contributed by atoms with Crippen molar-refractivity contribution in [3.63, 3.8) is 0 Å². The summed E-state index contributed by atoms with van der Waals surface area (Å²) in [5.41, 5.74) is 3.65. The Morgan fingerprint density at radius 1 is 0.976 bits per heavy atom. The molecule has 1 saturated heterocycles. The Bertz CT molecular complexity index is 1450. The molecule has 1 aliphatic rings. The first-order chi connectivity index (χ1) is 19.4. The fourth-order valence-corrected chi connectivity index (χ4v) is 4.89. The lowest BCUT2D eigenvalue weighted by molar-refractivity contribution is -0.132.